The molecule has 11 heteroatoms. The van der Waals surface area contributed by atoms with E-state index < -0.39 is 17.2 Å². The molecule has 1 aromatic carbocycles. The van der Waals surface area contributed by atoms with Gasteiger partial charge in [0.1, 0.15) is 11.4 Å². The van der Waals surface area contributed by atoms with Gasteiger partial charge in [-0.05, 0) is 43.5 Å². The van der Waals surface area contributed by atoms with Crippen molar-refractivity contribution >= 4 is 45.7 Å². The zero-order chi connectivity index (χ0) is 23.4. The van der Waals surface area contributed by atoms with Crippen LogP contribution < -0.4 is 21.0 Å². The summed E-state index contributed by atoms with van der Waals surface area (Å²) in [6.07, 6.45) is 3.17. The number of nitrogen functional groups attached to an aromatic ring is 1. The fourth-order valence-corrected chi connectivity index (χ4v) is 4.55. The molecule has 5 rings (SSSR count). The molecule has 33 heavy (non-hydrogen) atoms. The highest BCUT2D eigenvalue weighted by Gasteiger charge is 2.29. The van der Waals surface area contributed by atoms with Crippen molar-refractivity contribution in [1.82, 2.24) is 14.5 Å². The Morgan fingerprint density at radius 3 is 2.48 bits per heavy atom. The van der Waals surface area contributed by atoms with Crippen LogP contribution in [0.2, 0.25) is 5.28 Å². The van der Waals surface area contributed by atoms with E-state index in [4.69, 9.17) is 17.3 Å². The third kappa shape index (κ3) is 3.74. The van der Waals surface area contributed by atoms with Crippen LogP contribution in [0.4, 0.5) is 21.6 Å². The average Bonchev–Trinajstić information content (AvgIpc) is 3.62. The molecule has 172 valence electrons. The van der Waals surface area contributed by atoms with E-state index >= 15 is 4.39 Å². The van der Waals surface area contributed by atoms with E-state index in [1.807, 2.05) is 9.80 Å². The molecule has 1 aliphatic carbocycles. The number of pyridine rings is 1. The Hall–Kier alpha value is -3.40. The maximum Gasteiger partial charge on any atom is 0.341 e. The zero-order valence-corrected chi connectivity index (χ0v) is 18.6. The van der Waals surface area contributed by atoms with Crippen molar-refractivity contribution < 1.29 is 14.3 Å². The van der Waals surface area contributed by atoms with Gasteiger partial charge in [-0.15, -0.1) is 0 Å². The number of rotatable bonds is 4. The number of carbonyl (C=O) groups is 1. The van der Waals surface area contributed by atoms with Crippen LogP contribution in [0.15, 0.2) is 23.1 Å². The normalized spacial score (nSPS) is 16.5. The Morgan fingerprint density at radius 2 is 1.85 bits per heavy atom. The van der Waals surface area contributed by atoms with Crippen LogP contribution >= 0.6 is 11.6 Å². The number of carboxylic acid groups (broad SMARTS) is 1. The number of nitrogens with zero attached hydrogens (tertiary/aromatic N) is 5. The monoisotopic (exact) mass is 472 g/mol. The third-order valence-electron chi connectivity index (χ3n) is 6.28. The van der Waals surface area contributed by atoms with E-state index in [2.05, 4.69) is 9.97 Å². The first-order valence-electron chi connectivity index (χ1n) is 10.7. The molecule has 3 heterocycles. The molecular weight excluding hydrogens is 451 g/mol. The van der Waals surface area contributed by atoms with Crippen LogP contribution in [0.25, 0.3) is 10.9 Å². The van der Waals surface area contributed by atoms with E-state index in [0.29, 0.717) is 54.6 Å². The second kappa shape index (κ2) is 7.87. The number of anilines is 3. The van der Waals surface area contributed by atoms with Crippen molar-refractivity contribution in [3.63, 3.8) is 0 Å². The highest BCUT2D eigenvalue weighted by atomic mass is 35.5. The maximum atomic E-state index is 15.1. The summed E-state index contributed by atoms with van der Waals surface area (Å²) in [7, 11) is 0. The van der Waals surface area contributed by atoms with Crippen LogP contribution in [-0.4, -0.2) is 51.8 Å². The summed E-state index contributed by atoms with van der Waals surface area (Å²) in [5, 5.41) is 9.61. The number of carboxylic acids is 1. The summed E-state index contributed by atoms with van der Waals surface area (Å²) >= 11 is 6.00. The summed E-state index contributed by atoms with van der Waals surface area (Å²) < 4.78 is 16.9. The van der Waals surface area contributed by atoms with Crippen LogP contribution in [0.1, 0.15) is 34.9 Å². The molecule has 3 N–H and O–H groups in total. The lowest BCUT2D eigenvalue weighted by molar-refractivity contribution is 0.0695. The second-order valence-electron chi connectivity index (χ2n) is 8.43. The fourth-order valence-electron chi connectivity index (χ4n) is 4.34. The minimum Gasteiger partial charge on any atom is -0.477 e. The second-order valence-corrected chi connectivity index (χ2v) is 8.76. The number of halogens is 2. The van der Waals surface area contributed by atoms with E-state index in [1.54, 1.807) is 17.6 Å². The Balaban J connectivity index is 1.48. The predicted molar refractivity (Wildman–Crippen MR) is 124 cm³/mol. The van der Waals surface area contributed by atoms with E-state index in [9.17, 15) is 14.7 Å². The molecule has 0 amide bonds. The summed E-state index contributed by atoms with van der Waals surface area (Å²) in [6.45, 7) is 3.86. The van der Waals surface area contributed by atoms with Gasteiger partial charge in [-0.1, -0.05) is 0 Å². The zero-order valence-electron chi connectivity index (χ0n) is 17.9. The summed E-state index contributed by atoms with van der Waals surface area (Å²) in [5.41, 5.74) is 7.13. The van der Waals surface area contributed by atoms with Gasteiger partial charge in [-0.2, -0.15) is 4.98 Å². The molecule has 9 nitrogen and oxygen atoms in total. The van der Waals surface area contributed by atoms with Crippen LogP contribution in [0.5, 0.6) is 0 Å². The van der Waals surface area contributed by atoms with Gasteiger partial charge in [-0.25, -0.2) is 14.2 Å². The highest BCUT2D eigenvalue weighted by molar-refractivity contribution is 6.28. The number of hydrogen-bond donors (Lipinski definition) is 2. The Morgan fingerprint density at radius 1 is 1.18 bits per heavy atom. The van der Waals surface area contributed by atoms with Gasteiger partial charge in [0.05, 0.1) is 22.6 Å². The van der Waals surface area contributed by atoms with Crippen LogP contribution in [0, 0.1) is 12.7 Å². The third-order valence-corrected chi connectivity index (χ3v) is 6.45. The first kappa shape index (κ1) is 21.4. The molecule has 0 spiro atoms. The lowest BCUT2D eigenvalue weighted by Gasteiger charge is -2.37. The standard InChI is InChI=1S/C22H22ClFN6O3/c1-11-18(25)20(27-22(23)26-11)29-6-4-28(5-7-29)17-9-16-13(8-15(17)24)19(31)14(21(32)33)10-30(16)12-2-3-12/h8-10,12H,2-7,25H2,1H3,(H,32,33). The Kier molecular flexibility index (Phi) is 5.12. The smallest absolute Gasteiger partial charge is 0.341 e. The minimum atomic E-state index is -1.31. The van der Waals surface area contributed by atoms with Gasteiger partial charge in [0, 0.05) is 43.8 Å². The quantitative estimate of drug-likeness (QED) is 0.556. The predicted octanol–water partition coefficient (Wildman–Crippen LogP) is 2.83. The molecule has 2 aliphatic rings. The van der Waals surface area contributed by atoms with E-state index in [0.717, 1.165) is 18.9 Å². The largest absolute Gasteiger partial charge is 0.477 e. The van der Waals surface area contributed by atoms with Gasteiger partial charge >= 0.3 is 5.97 Å². The highest BCUT2D eigenvalue weighted by Crippen LogP contribution is 2.38. The first-order valence-corrected chi connectivity index (χ1v) is 11.0. The number of hydrogen-bond acceptors (Lipinski definition) is 7. The fraction of sp³-hybridized carbons (Fsp3) is 0.364. The Labute approximate surface area is 193 Å². The summed E-state index contributed by atoms with van der Waals surface area (Å²) in [4.78, 5) is 36.4. The molecule has 2 fully saturated rings. The van der Waals surface area contributed by atoms with Crippen molar-refractivity contribution in [2.75, 3.05) is 41.7 Å². The van der Waals surface area contributed by atoms with Gasteiger partial charge in [0.25, 0.3) is 0 Å². The van der Waals surface area contributed by atoms with Gasteiger partial charge in [0.15, 0.2) is 5.82 Å². The molecule has 0 atom stereocenters. The van der Waals surface area contributed by atoms with E-state index in [-0.39, 0.29) is 22.3 Å². The number of benzene rings is 1. The van der Waals surface area contributed by atoms with Gasteiger partial charge < -0.3 is 25.2 Å². The molecule has 0 bridgehead atoms. The SMILES string of the molecule is Cc1nc(Cl)nc(N2CCN(c3cc4c(cc3F)c(=O)c(C(=O)O)cn4C3CC3)CC2)c1N. The van der Waals surface area contributed by atoms with Crippen molar-refractivity contribution in [2.24, 2.45) is 0 Å². The lowest BCUT2D eigenvalue weighted by atomic mass is 10.1. The van der Waals surface area contributed by atoms with Crippen molar-refractivity contribution in [3.05, 3.63) is 50.9 Å². The molecule has 1 saturated heterocycles. The number of aromatic nitrogens is 3. The number of fused-ring (bicyclic) bond motifs is 1. The van der Waals surface area contributed by atoms with Crippen molar-refractivity contribution in [3.8, 4) is 0 Å². The molecule has 0 radical (unpaired) electrons. The number of piperazine rings is 1. The molecule has 3 aromatic rings. The maximum absolute atomic E-state index is 15.1. The number of aromatic carboxylic acids is 1. The average molecular weight is 473 g/mol. The topological polar surface area (TPSA) is 118 Å². The van der Waals surface area contributed by atoms with Crippen molar-refractivity contribution in [2.45, 2.75) is 25.8 Å². The van der Waals surface area contributed by atoms with Gasteiger partial charge in [0.2, 0.25) is 10.7 Å². The molecular formula is C22H22ClFN6O3. The molecule has 0 unspecified atom stereocenters. The summed E-state index contributed by atoms with van der Waals surface area (Å²) in [6, 6.07) is 2.94. The number of nitrogens with two attached hydrogens (primary N) is 1. The lowest BCUT2D eigenvalue weighted by Crippen LogP contribution is -2.47. The van der Waals surface area contributed by atoms with Crippen molar-refractivity contribution in [1.29, 1.82) is 0 Å². The molecule has 1 saturated carbocycles. The Bertz CT molecular complexity index is 1350. The summed E-state index contributed by atoms with van der Waals surface area (Å²) in [5.74, 6) is -1.30. The molecule has 1 aliphatic heterocycles. The van der Waals surface area contributed by atoms with Crippen LogP contribution in [0.3, 0.4) is 0 Å². The van der Waals surface area contributed by atoms with Gasteiger partial charge in [-0.3, -0.25) is 4.79 Å². The van der Waals surface area contributed by atoms with E-state index in [1.165, 1.54) is 6.20 Å². The minimum absolute atomic E-state index is 0.0839. The number of aryl methyl sites for hydroxylation is 1. The first-order chi connectivity index (χ1) is 15.7. The molecule has 2 aromatic heterocycles. The van der Waals surface area contributed by atoms with Crippen LogP contribution in [-0.2, 0) is 0 Å².